The van der Waals surface area contributed by atoms with Gasteiger partial charge in [-0.2, -0.15) is 5.10 Å². The van der Waals surface area contributed by atoms with Crippen LogP contribution in [-0.2, 0) is 11.3 Å². The van der Waals surface area contributed by atoms with Gasteiger partial charge in [0.05, 0.1) is 12.5 Å². The lowest BCUT2D eigenvalue weighted by Gasteiger charge is -2.41. The molecule has 3 rings (SSSR count). The molecule has 2 aliphatic rings. The third-order valence-electron chi connectivity index (χ3n) is 5.61. The van der Waals surface area contributed by atoms with Crippen molar-refractivity contribution in [3.63, 3.8) is 0 Å². The number of piperidine rings is 2. The lowest BCUT2D eigenvalue weighted by Crippen LogP contribution is -2.50. The maximum Gasteiger partial charge on any atom is 0.226 e. The largest absolute Gasteiger partial charge is 0.344 e. The molecule has 6 nitrogen and oxygen atoms in total. The van der Waals surface area contributed by atoms with Gasteiger partial charge < -0.3 is 9.80 Å². The van der Waals surface area contributed by atoms with Crippen molar-refractivity contribution in [1.82, 2.24) is 24.5 Å². The van der Waals surface area contributed by atoms with E-state index in [1.165, 1.54) is 25.9 Å². The van der Waals surface area contributed by atoms with Crippen LogP contribution in [0.3, 0.4) is 0 Å². The predicted molar refractivity (Wildman–Crippen MR) is 94.7 cm³/mol. The van der Waals surface area contributed by atoms with Crippen molar-refractivity contribution < 1.29 is 4.79 Å². The topological polar surface area (TPSA) is 44.6 Å². The molecule has 2 fully saturated rings. The third kappa shape index (κ3) is 4.36. The first-order valence-electron chi connectivity index (χ1n) is 9.28. The molecule has 1 aromatic heterocycles. The number of carbonyl (C=O) groups is 1. The lowest BCUT2D eigenvalue weighted by atomic mass is 9.93. The van der Waals surface area contributed by atoms with E-state index in [1.54, 1.807) is 6.20 Å². The van der Waals surface area contributed by atoms with Crippen LogP contribution >= 0.6 is 0 Å². The van der Waals surface area contributed by atoms with Crippen molar-refractivity contribution >= 4 is 5.91 Å². The second kappa shape index (κ2) is 8.12. The number of carbonyl (C=O) groups excluding carboxylic acids is 1. The van der Waals surface area contributed by atoms with Crippen LogP contribution in [0, 0.1) is 5.92 Å². The first kappa shape index (κ1) is 17.4. The molecule has 0 N–H and O–H groups in total. The summed E-state index contributed by atoms with van der Waals surface area (Å²) in [6.07, 6.45) is 8.39. The monoisotopic (exact) mass is 333 g/mol. The average Bonchev–Trinajstić information content (AvgIpc) is 3.13. The second-order valence-electron chi connectivity index (χ2n) is 7.40. The normalized spacial score (nSPS) is 24.2. The molecular formula is C18H31N5O. The van der Waals surface area contributed by atoms with E-state index in [2.05, 4.69) is 21.9 Å². The lowest BCUT2D eigenvalue weighted by molar-refractivity contribution is -0.136. The zero-order chi connectivity index (χ0) is 16.9. The summed E-state index contributed by atoms with van der Waals surface area (Å²) < 4.78 is 1.88. The van der Waals surface area contributed by atoms with Gasteiger partial charge in [0.1, 0.15) is 0 Å². The molecule has 2 saturated heterocycles. The molecule has 0 aliphatic carbocycles. The van der Waals surface area contributed by atoms with E-state index >= 15 is 0 Å². The van der Waals surface area contributed by atoms with Gasteiger partial charge in [-0.15, -0.1) is 0 Å². The number of hydrogen-bond acceptors (Lipinski definition) is 4. The number of rotatable bonds is 5. The van der Waals surface area contributed by atoms with Crippen molar-refractivity contribution in [3.05, 3.63) is 18.5 Å². The molecule has 0 aromatic carbocycles. The Labute approximate surface area is 145 Å². The van der Waals surface area contributed by atoms with Crippen molar-refractivity contribution in [1.29, 1.82) is 0 Å². The van der Waals surface area contributed by atoms with Gasteiger partial charge >= 0.3 is 0 Å². The molecule has 1 amide bonds. The van der Waals surface area contributed by atoms with Crippen molar-refractivity contribution in [2.24, 2.45) is 5.92 Å². The summed E-state index contributed by atoms with van der Waals surface area (Å²) in [6.45, 7) is 5.97. The Bertz CT molecular complexity index is 509. The fourth-order valence-corrected chi connectivity index (χ4v) is 4.01. The molecule has 0 bridgehead atoms. The van der Waals surface area contributed by atoms with Gasteiger partial charge in [-0.25, -0.2) is 0 Å². The number of amides is 1. The summed E-state index contributed by atoms with van der Waals surface area (Å²) in [6, 6.07) is 2.59. The van der Waals surface area contributed by atoms with E-state index in [-0.39, 0.29) is 5.92 Å². The summed E-state index contributed by atoms with van der Waals surface area (Å²) >= 11 is 0. The van der Waals surface area contributed by atoms with Crippen LogP contribution in [0.25, 0.3) is 0 Å². The molecule has 3 heterocycles. The summed E-state index contributed by atoms with van der Waals surface area (Å²) in [7, 11) is 4.13. The summed E-state index contributed by atoms with van der Waals surface area (Å²) in [5, 5.41) is 4.21. The highest BCUT2D eigenvalue weighted by Gasteiger charge is 2.32. The predicted octanol–water partition coefficient (Wildman–Crippen LogP) is 1.15. The van der Waals surface area contributed by atoms with Gasteiger partial charge in [-0.3, -0.25) is 14.4 Å². The first-order chi connectivity index (χ1) is 11.6. The van der Waals surface area contributed by atoms with Crippen LogP contribution in [0.5, 0.6) is 0 Å². The average molecular weight is 333 g/mol. The molecule has 1 unspecified atom stereocenters. The SMILES string of the molecule is CN1CCC(N2CCCC(C(=O)N(C)CCn3cccn3)C2)CC1. The standard InChI is InChI=1S/C18H31N5O/c1-20-11-6-17(7-12-20)22-9-3-5-16(15-22)18(24)21(2)13-14-23-10-4-8-19-23/h4,8,10,16-17H,3,5-7,9,11-15H2,1-2H3. The highest BCUT2D eigenvalue weighted by molar-refractivity contribution is 5.78. The summed E-state index contributed by atoms with van der Waals surface area (Å²) in [5.41, 5.74) is 0. The molecule has 0 spiro atoms. The van der Waals surface area contributed by atoms with E-state index in [0.29, 0.717) is 11.9 Å². The Balaban J connectivity index is 1.49. The molecule has 2 aliphatic heterocycles. The third-order valence-corrected chi connectivity index (χ3v) is 5.61. The van der Waals surface area contributed by atoms with E-state index in [0.717, 1.165) is 39.0 Å². The zero-order valence-corrected chi connectivity index (χ0v) is 15.1. The van der Waals surface area contributed by atoms with E-state index < -0.39 is 0 Å². The minimum absolute atomic E-state index is 0.168. The van der Waals surface area contributed by atoms with Crippen LogP contribution in [0.1, 0.15) is 25.7 Å². The fraction of sp³-hybridized carbons (Fsp3) is 0.778. The van der Waals surface area contributed by atoms with Gasteiger partial charge in [0.25, 0.3) is 0 Å². The Hall–Kier alpha value is -1.40. The molecule has 1 atom stereocenters. The minimum atomic E-state index is 0.168. The van der Waals surface area contributed by atoms with Gasteiger partial charge in [-0.1, -0.05) is 0 Å². The van der Waals surface area contributed by atoms with Gasteiger partial charge in [0.2, 0.25) is 5.91 Å². The van der Waals surface area contributed by atoms with Crippen LogP contribution in [0.15, 0.2) is 18.5 Å². The quantitative estimate of drug-likeness (QED) is 0.811. The van der Waals surface area contributed by atoms with E-state index in [1.807, 2.05) is 28.9 Å². The maximum absolute atomic E-state index is 12.8. The Morgan fingerprint density at radius 2 is 2.04 bits per heavy atom. The van der Waals surface area contributed by atoms with Crippen LogP contribution < -0.4 is 0 Å². The summed E-state index contributed by atoms with van der Waals surface area (Å²) in [5.74, 6) is 0.473. The maximum atomic E-state index is 12.8. The van der Waals surface area contributed by atoms with Crippen LogP contribution in [0.4, 0.5) is 0 Å². The summed E-state index contributed by atoms with van der Waals surface area (Å²) in [4.78, 5) is 19.7. The van der Waals surface area contributed by atoms with Crippen molar-refractivity contribution in [3.8, 4) is 0 Å². The molecular weight excluding hydrogens is 302 g/mol. The van der Waals surface area contributed by atoms with Gasteiger partial charge in [0.15, 0.2) is 0 Å². The molecule has 6 heteroatoms. The molecule has 24 heavy (non-hydrogen) atoms. The zero-order valence-electron chi connectivity index (χ0n) is 15.1. The number of likely N-dealkylation sites (tertiary alicyclic amines) is 2. The van der Waals surface area contributed by atoms with Gasteiger partial charge in [0, 0.05) is 38.6 Å². The Kier molecular flexibility index (Phi) is 5.89. The highest BCUT2D eigenvalue weighted by Crippen LogP contribution is 2.24. The van der Waals surface area contributed by atoms with E-state index in [9.17, 15) is 4.79 Å². The number of hydrogen-bond donors (Lipinski definition) is 0. The molecule has 0 radical (unpaired) electrons. The number of likely N-dealkylation sites (N-methyl/N-ethyl adjacent to an activating group) is 1. The molecule has 1 aromatic rings. The van der Waals surface area contributed by atoms with Crippen LogP contribution in [-0.4, -0.2) is 83.2 Å². The first-order valence-corrected chi connectivity index (χ1v) is 9.28. The molecule has 0 saturated carbocycles. The van der Waals surface area contributed by atoms with Gasteiger partial charge in [-0.05, 0) is 58.4 Å². The second-order valence-corrected chi connectivity index (χ2v) is 7.40. The highest BCUT2D eigenvalue weighted by atomic mass is 16.2. The minimum Gasteiger partial charge on any atom is -0.344 e. The van der Waals surface area contributed by atoms with E-state index in [4.69, 9.17) is 0 Å². The molecule has 134 valence electrons. The van der Waals surface area contributed by atoms with Crippen molar-refractivity contribution in [2.45, 2.75) is 38.3 Å². The van der Waals surface area contributed by atoms with Crippen LogP contribution in [0.2, 0.25) is 0 Å². The number of aromatic nitrogens is 2. The van der Waals surface area contributed by atoms with Crippen molar-refractivity contribution in [2.75, 3.05) is 46.8 Å². The smallest absolute Gasteiger partial charge is 0.226 e. The Morgan fingerprint density at radius 3 is 2.75 bits per heavy atom. The Morgan fingerprint density at radius 1 is 1.25 bits per heavy atom. The number of nitrogens with zero attached hydrogens (tertiary/aromatic N) is 5. The fourth-order valence-electron chi connectivity index (χ4n) is 4.01.